The highest BCUT2D eigenvalue weighted by Crippen LogP contribution is 2.25. The molecule has 0 aliphatic carbocycles. The first kappa shape index (κ1) is 15.6. The molecule has 1 aliphatic rings. The molecule has 120 valence electrons. The number of benzene rings is 1. The monoisotopic (exact) mass is 300 g/mol. The number of rotatable bonds is 4. The molecule has 3 nitrogen and oxygen atoms in total. The lowest BCUT2D eigenvalue weighted by atomic mass is 10.0. The number of para-hydroxylation sites is 1. The number of piperidine rings is 1. The third-order valence-electron chi connectivity index (χ3n) is 5.33. The number of aliphatic hydroxyl groups excluding tert-OH is 1. The van der Waals surface area contributed by atoms with Gasteiger partial charge in [-0.15, -0.1) is 0 Å². The van der Waals surface area contributed by atoms with E-state index in [4.69, 9.17) is 0 Å². The van der Waals surface area contributed by atoms with E-state index in [1.165, 1.54) is 41.4 Å². The summed E-state index contributed by atoms with van der Waals surface area (Å²) in [5, 5.41) is 11.9. The zero-order chi connectivity index (χ0) is 15.7. The average molecular weight is 300 g/mol. The number of nitrogens with zero attached hydrogens (tertiary/aromatic N) is 2. The Bertz CT molecular complexity index is 646. The van der Waals surface area contributed by atoms with Crippen molar-refractivity contribution in [1.29, 1.82) is 0 Å². The first-order chi connectivity index (χ1) is 10.6. The second kappa shape index (κ2) is 6.43. The molecule has 2 unspecified atom stereocenters. The van der Waals surface area contributed by atoms with Gasteiger partial charge >= 0.3 is 0 Å². The van der Waals surface area contributed by atoms with E-state index in [1.54, 1.807) is 0 Å². The highest BCUT2D eigenvalue weighted by Gasteiger charge is 2.22. The normalized spacial score (nSPS) is 21.4. The second-order valence-electron chi connectivity index (χ2n) is 6.83. The number of β-amino-alcohol motifs (C(OH)–C–C–N with tert-alkyl or cyclic N) is 1. The van der Waals surface area contributed by atoms with Crippen molar-refractivity contribution in [2.45, 2.75) is 58.7 Å². The SMILES string of the molecule is Cc1c(C)n(CC(O)CN2CCCCC2C)c2ccccc12. The summed E-state index contributed by atoms with van der Waals surface area (Å²) in [5.41, 5.74) is 3.84. The molecule has 2 aromatic rings. The number of fused-ring (bicyclic) bond motifs is 1. The lowest BCUT2D eigenvalue weighted by Crippen LogP contribution is -2.43. The fourth-order valence-electron chi connectivity index (χ4n) is 3.81. The summed E-state index contributed by atoms with van der Waals surface area (Å²) in [6.07, 6.45) is 3.54. The predicted molar refractivity (Wildman–Crippen MR) is 92.3 cm³/mol. The van der Waals surface area contributed by atoms with Gasteiger partial charge in [-0.2, -0.15) is 0 Å². The molecule has 3 heteroatoms. The zero-order valence-corrected chi connectivity index (χ0v) is 14.0. The van der Waals surface area contributed by atoms with Gasteiger partial charge in [0.25, 0.3) is 0 Å². The van der Waals surface area contributed by atoms with Crippen LogP contribution >= 0.6 is 0 Å². The Morgan fingerprint density at radius 1 is 1.18 bits per heavy atom. The molecule has 0 spiro atoms. The van der Waals surface area contributed by atoms with Crippen molar-refractivity contribution in [2.75, 3.05) is 13.1 Å². The highest BCUT2D eigenvalue weighted by atomic mass is 16.3. The summed E-state index contributed by atoms with van der Waals surface area (Å²) < 4.78 is 2.28. The first-order valence-electron chi connectivity index (χ1n) is 8.54. The van der Waals surface area contributed by atoms with Crippen LogP contribution in [0.5, 0.6) is 0 Å². The van der Waals surface area contributed by atoms with E-state index in [0.717, 1.165) is 13.1 Å². The molecule has 2 atom stereocenters. The molecule has 1 aliphatic heterocycles. The van der Waals surface area contributed by atoms with E-state index in [2.05, 4.69) is 54.5 Å². The minimum atomic E-state index is -0.311. The predicted octanol–water partition coefficient (Wildman–Crippen LogP) is 3.49. The van der Waals surface area contributed by atoms with Crippen LogP contribution in [0.1, 0.15) is 37.4 Å². The molecular formula is C19H28N2O. The van der Waals surface area contributed by atoms with E-state index >= 15 is 0 Å². The van der Waals surface area contributed by atoms with Crippen molar-refractivity contribution >= 4 is 10.9 Å². The number of aliphatic hydroxyl groups is 1. The Labute approximate surface area is 133 Å². The second-order valence-corrected chi connectivity index (χ2v) is 6.83. The standard InChI is InChI=1S/C19H28N2O/c1-14-8-6-7-11-20(14)12-17(22)13-21-16(3)15(2)18-9-4-5-10-19(18)21/h4-5,9-10,14,17,22H,6-8,11-13H2,1-3H3. The Morgan fingerprint density at radius 2 is 1.95 bits per heavy atom. The molecule has 1 fully saturated rings. The van der Waals surface area contributed by atoms with E-state index < -0.39 is 0 Å². The van der Waals surface area contributed by atoms with Gasteiger partial charge in [-0.3, -0.25) is 4.90 Å². The van der Waals surface area contributed by atoms with Crippen LogP contribution in [0, 0.1) is 13.8 Å². The van der Waals surface area contributed by atoms with E-state index in [9.17, 15) is 5.11 Å². The van der Waals surface area contributed by atoms with Gasteiger partial charge < -0.3 is 9.67 Å². The number of aryl methyl sites for hydroxylation is 1. The van der Waals surface area contributed by atoms with Crippen LogP contribution in [0.15, 0.2) is 24.3 Å². The smallest absolute Gasteiger partial charge is 0.0845 e. The molecule has 1 N–H and O–H groups in total. The average Bonchev–Trinajstić information content (AvgIpc) is 2.75. The quantitative estimate of drug-likeness (QED) is 0.936. The Balaban J connectivity index is 1.76. The van der Waals surface area contributed by atoms with Crippen LogP contribution < -0.4 is 0 Å². The van der Waals surface area contributed by atoms with E-state index in [1.807, 2.05) is 0 Å². The molecule has 22 heavy (non-hydrogen) atoms. The Morgan fingerprint density at radius 3 is 2.73 bits per heavy atom. The summed E-state index contributed by atoms with van der Waals surface area (Å²) in [7, 11) is 0. The van der Waals surface area contributed by atoms with Crippen molar-refractivity contribution in [3.05, 3.63) is 35.5 Å². The van der Waals surface area contributed by atoms with Crippen LogP contribution in [0.4, 0.5) is 0 Å². The maximum absolute atomic E-state index is 10.6. The lowest BCUT2D eigenvalue weighted by molar-refractivity contribution is 0.0641. The number of aromatic nitrogens is 1. The van der Waals surface area contributed by atoms with E-state index in [0.29, 0.717) is 12.6 Å². The van der Waals surface area contributed by atoms with Gasteiger partial charge in [0.05, 0.1) is 12.6 Å². The molecule has 0 bridgehead atoms. The number of hydrogen-bond acceptors (Lipinski definition) is 2. The van der Waals surface area contributed by atoms with Crippen molar-refractivity contribution < 1.29 is 5.11 Å². The number of likely N-dealkylation sites (tertiary alicyclic amines) is 1. The van der Waals surface area contributed by atoms with Crippen LogP contribution in [0.25, 0.3) is 10.9 Å². The van der Waals surface area contributed by atoms with Gasteiger partial charge in [0.1, 0.15) is 0 Å². The van der Waals surface area contributed by atoms with Gasteiger partial charge in [-0.05, 0) is 51.8 Å². The Hall–Kier alpha value is -1.32. The largest absolute Gasteiger partial charge is 0.390 e. The molecule has 0 saturated carbocycles. The topological polar surface area (TPSA) is 28.4 Å². The van der Waals surface area contributed by atoms with Crippen LogP contribution in [-0.2, 0) is 6.54 Å². The maximum atomic E-state index is 10.6. The van der Waals surface area contributed by atoms with E-state index in [-0.39, 0.29) is 6.10 Å². The molecule has 0 amide bonds. The fourth-order valence-corrected chi connectivity index (χ4v) is 3.81. The Kier molecular flexibility index (Phi) is 4.55. The minimum Gasteiger partial charge on any atom is -0.390 e. The third-order valence-corrected chi connectivity index (χ3v) is 5.33. The van der Waals surface area contributed by atoms with Crippen LogP contribution in [0.3, 0.4) is 0 Å². The van der Waals surface area contributed by atoms with Gasteiger partial charge in [-0.1, -0.05) is 24.6 Å². The van der Waals surface area contributed by atoms with Crippen molar-refractivity contribution in [3.63, 3.8) is 0 Å². The molecule has 1 saturated heterocycles. The van der Waals surface area contributed by atoms with Gasteiger partial charge in [0, 0.05) is 29.2 Å². The zero-order valence-electron chi connectivity index (χ0n) is 14.0. The van der Waals surface area contributed by atoms with Crippen molar-refractivity contribution in [2.24, 2.45) is 0 Å². The summed E-state index contributed by atoms with van der Waals surface area (Å²) in [6.45, 7) is 9.21. The van der Waals surface area contributed by atoms with Crippen molar-refractivity contribution in [1.82, 2.24) is 9.47 Å². The van der Waals surface area contributed by atoms with Crippen LogP contribution in [-0.4, -0.2) is 39.8 Å². The summed E-state index contributed by atoms with van der Waals surface area (Å²) in [4.78, 5) is 2.45. The molecule has 0 radical (unpaired) electrons. The van der Waals surface area contributed by atoms with Crippen LogP contribution in [0.2, 0.25) is 0 Å². The molecule has 1 aromatic carbocycles. The fraction of sp³-hybridized carbons (Fsp3) is 0.579. The molecule has 2 heterocycles. The molecule has 3 rings (SSSR count). The number of hydrogen-bond donors (Lipinski definition) is 1. The van der Waals surface area contributed by atoms with Gasteiger partial charge in [0.15, 0.2) is 0 Å². The summed E-state index contributed by atoms with van der Waals surface area (Å²) >= 11 is 0. The highest BCUT2D eigenvalue weighted by molar-refractivity contribution is 5.85. The lowest BCUT2D eigenvalue weighted by Gasteiger charge is -2.34. The van der Waals surface area contributed by atoms with Crippen molar-refractivity contribution in [3.8, 4) is 0 Å². The minimum absolute atomic E-state index is 0.311. The van der Waals surface area contributed by atoms with Gasteiger partial charge in [-0.25, -0.2) is 0 Å². The molecular weight excluding hydrogens is 272 g/mol. The third kappa shape index (κ3) is 2.92. The summed E-state index contributed by atoms with van der Waals surface area (Å²) in [5.74, 6) is 0. The van der Waals surface area contributed by atoms with Gasteiger partial charge in [0.2, 0.25) is 0 Å². The molecule has 1 aromatic heterocycles. The first-order valence-corrected chi connectivity index (χ1v) is 8.54. The summed E-state index contributed by atoms with van der Waals surface area (Å²) in [6, 6.07) is 9.10. The maximum Gasteiger partial charge on any atom is 0.0845 e.